The summed E-state index contributed by atoms with van der Waals surface area (Å²) in [6.07, 6.45) is -0.364. The third-order valence-electron chi connectivity index (χ3n) is 4.14. The highest BCUT2D eigenvalue weighted by Gasteiger charge is 2.17. The number of amides is 1. The molecule has 0 heterocycles. The minimum atomic E-state index is -0.922. The zero-order valence-electron chi connectivity index (χ0n) is 15.8. The average Bonchev–Trinajstić information content (AvgIpc) is 2.64. The zero-order chi connectivity index (χ0) is 19.8. The van der Waals surface area contributed by atoms with E-state index in [1.165, 1.54) is 19.1 Å². The summed E-state index contributed by atoms with van der Waals surface area (Å²) in [4.78, 5) is 23.8. The maximum atomic E-state index is 12.8. The van der Waals surface area contributed by atoms with E-state index in [4.69, 9.17) is 9.47 Å². The molecular weight excluding hydrogens is 349 g/mol. The Kier molecular flexibility index (Phi) is 7.34. The number of esters is 1. The van der Waals surface area contributed by atoms with Gasteiger partial charge < -0.3 is 14.8 Å². The molecule has 1 amide bonds. The van der Waals surface area contributed by atoms with E-state index in [1.807, 2.05) is 26.0 Å². The molecule has 27 heavy (non-hydrogen) atoms. The van der Waals surface area contributed by atoms with Gasteiger partial charge in [0.1, 0.15) is 11.6 Å². The number of carbonyl (C=O) groups excluding carboxylic acids is 2. The van der Waals surface area contributed by atoms with Gasteiger partial charge in [0.2, 0.25) is 0 Å². The van der Waals surface area contributed by atoms with Crippen molar-refractivity contribution in [2.45, 2.75) is 33.3 Å². The monoisotopic (exact) mass is 373 g/mol. The quantitative estimate of drug-likeness (QED) is 0.722. The first kappa shape index (κ1) is 20.4. The molecule has 0 radical (unpaired) electrons. The van der Waals surface area contributed by atoms with E-state index < -0.39 is 18.0 Å². The first-order valence-corrected chi connectivity index (χ1v) is 8.77. The van der Waals surface area contributed by atoms with Crippen LogP contribution in [0.1, 0.15) is 23.6 Å². The van der Waals surface area contributed by atoms with Crippen LogP contribution in [0, 0.1) is 19.7 Å². The number of ether oxygens (including phenoxy) is 2. The van der Waals surface area contributed by atoms with Crippen molar-refractivity contribution in [3.8, 4) is 5.75 Å². The molecular formula is C21H24FNO4. The Labute approximate surface area is 158 Å². The molecule has 1 atom stereocenters. The number of benzene rings is 2. The Morgan fingerprint density at radius 3 is 2.44 bits per heavy atom. The van der Waals surface area contributed by atoms with Crippen molar-refractivity contribution < 1.29 is 23.5 Å². The first-order chi connectivity index (χ1) is 12.8. The van der Waals surface area contributed by atoms with Crippen LogP contribution < -0.4 is 10.1 Å². The molecule has 0 saturated heterocycles. The SMILES string of the molecule is Cc1ccc(OCC(=O)O[C@H](C)C(=O)NCCc2ccc(F)cc2)cc1C. The molecule has 1 N–H and O–H groups in total. The second-order valence-electron chi connectivity index (χ2n) is 6.33. The van der Waals surface area contributed by atoms with Crippen molar-refractivity contribution in [2.24, 2.45) is 0 Å². The number of hydrogen-bond acceptors (Lipinski definition) is 4. The summed E-state index contributed by atoms with van der Waals surface area (Å²) in [6, 6.07) is 11.6. The van der Waals surface area contributed by atoms with E-state index in [0.717, 1.165) is 16.7 Å². The van der Waals surface area contributed by atoms with Gasteiger partial charge in [0.25, 0.3) is 5.91 Å². The molecule has 0 bridgehead atoms. The summed E-state index contributed by atoms with van der Waals surface area (Å²) in [5.74, 6) is -0.733. The highest BCUT2D eigenvalue weighted by atomic mass is 19.1. The lowest BCUT2D eigenvalue weighted by Crippen LogP contribution is -2.37. The van der Waals surface area contributed by atoms with Gasteiger partial charge in [-0.3, -0.25) is 4.79 Å². The molecule has 0 saturated carbocycles. The molecule has 2 aromatic carbocycles. The van der Waals surface area contributed by atoms with Crippen LogP contribution in [-0.4, -0.2) is 31.1 Å². The Hall–Kier alpha value is -2.89. The molecule has 5 nitrogen and oxygen atoms in total. The van der Waals surface area contributed by atoms with Crippen molar-refractivity contribution in [3.05, 3.63) is 65.0 Å². The average molecular weight is 373 g/mol. The minimum absolute atomic E-state index is 0.268. The second-order valence-corrected chi connectivity index (χ2v) is 6.33. The summed E-state index contributed by atoms with van der Waals surface area (Å²) in [5, 5.41) is 2.69. The summed E-state index contributed by atoms with van der Waals surface area (Å²) < 4.78 is 23.3. The third-order valence-corrected chi connectivity index (χ3v) is 4.14. The molecule has 144 valence electrons. The topological polar surface area (TPSA) is 64.6 Å². The molecule has 2 rings (SSSR count). The maximum Gasteiger partial charge on any atom is 0.344 e. The fourth-order valence-corrected chi connectivity index (χ4v) is 2.36. The third kappa shape index (κ3) is 6.73. The van der Waals surface area contributed by atoms with E-state index in [9.17, 15) is 14.0 Å². The molecule has 6 heteroatoms. The molecule has 0 aliphatic rings. The largest absolute Gasteiger partial charge is 0.482 e. The predicted octanol–water partition coefficient (Wildman–Crippen LogP) is 3.11. The van der Waals surface area contributed by atoms with E-state index in [-0.39, 0.29) is 12.4 Å². The van der Waals surface area contributed by atoms with Crippen LogP contribution in [0.25, 0.3) is 0 Å². The van der Waals surface area contributed by atoms with Crippen LogP contribution in [0.15, 0.2) is 42.5 Å². The lowest BCUT2D eigenvalue weighted by molar-refractivity contribution is -0.156. The lowest BCUT2D eigenvalue weighted by Gasteiger charge is -2.14. The summed E-state index contributed by atoms with van der Waals surface area (Å²) >= 11 is 0. The van der Waals surface area contributed by atoms with Crippen molar-refractivity contribution in [1.29, 1.82) is 0 Å². The van der Waals surface area contributed by atoms with Gasteiger partial charge in [0.05, 0.1) is 0 Å². The van der Waals surface area contributed by atoms with Gasteiger partial charge in [-0.2, -0.15) is 0 Å². The maximum absolute atomic E-state index is 12.8. The lowest BCUT2D eigenvalue weighted by atomic mass is 10.1. The summed E-state index contributed by atoms with van der Waals surface area (Å²) in [7, 11) is 0. The van der Waals surface area contributed by atoms with E-state index in [2.05, 4.69) is 5.32 Å². The standard InChI is InChI=1S/C21H24FNO4/c1-14-4-9-19(12-15(14)2)26-13-20(24)27-16(3)21(25)23-11-10-17-5-7-18(22)8-6-17/h4-9,12,16H,10-11,13H2,1-3H3,(H,23,25)/t16-/m1/s1. The minimum Gasteiger partial charge on any atom is -0.482 e. The number of aryl methyl sites for hydroxylation is 2. The predicted molar refractivity (Wildman–Crippen MR) is 100 cm³/mol. The highest BCUT2D eigenvalue weighted by molar-refractivity contribution is 5.83. The Morgan fingerprint density at radius 1 is 1.07 bits per heavy atom. The van der Waals surface area contributed by atoms with Gasteiger partial charge in [0, 0.05) is 6.54 Å². The zero-order valence-corrected chi connectivity index (χ0v) is 15.8. The van der Waals surface area contributed by atoms with Gasteiger partial charge in [-0.25, -0.2) is 9.18 Å². The van der Waals surface area contributed by atoms with Gasteiger partial charge in [-0.1, -0.05) is 18.2 Å². The van der Waals surface area contributed by atoms with Gasteiger partial charge in [-0.05, 0) is 68.1 Å². The molecule has 0 spiro atoms. The van der Waals surface area contributed by atoms with Crippen LogP contribution in [0.4, 0.5) is 4.39 Å². The normalized spacial score (nSPS) is 11.6. The molecule has 0 aliphatic carbocycles. The highest BCUT2D eigenvalue weighted by Crippen LogP contribution is 2.16. The summed E-state index contributed by atoms with van der Waals surface area (Å²) in [5.41, 5.74) is 3.11. The van der Waals surface area contributed by atoms with Crippen LogP contribution >= 0.6 is 0 Å². The fraction of sp³-hybridized carbons (Fsp3) is 0.333. The number of halogens is 1. The van der Waals surface area contributed by atoms with Gasteiger partial charge in [-0.15, -0.1) is 0 Å². The Morgan fingerprint density at radius 2 is 1.78 bits per heavy atom. The smallest absolute Gasteiger partial charge is 0.344 e. The number of nitrogens with one attached hydrogen (secondary N) is 1. The van der Waals surface area contributed by atoms with Gasteiger partial charge >= 0.3 is 5.97 Å². The molecule has 0 fully saturated rings. The van der Waals surface area contributed by atoms with Crippen molar-refractivity contribution in [2.75, 3.05) is 13.2 Å². The fourth-order valence-electron chi connectivity index (χ4n) is 2.36. The van der Waals surface area contributed by atoms with Gasteiger partial charge in [0.15, 0.2) is 12.7 Å². The second kappa shape index (κ2) is 9.71. The number of hydrogen-bond donors (Lipinski definition) is 1. The Bertz CT molecular complexity index is 789. The molecule has 2 aromatic rings. The van der Waals surface area contributed by atoms with Crippen molar-refractivity contribution in [3.63, 3.8) is 0 Å². The Balaban J connectivity index is 1.70. The van der Waals surface area contributed by atoms with E-state index >= 15 is 0 Å². The molecule has 0 aromatic heterocycles. The molecule has 0 aliphatic heterocycles. The number of carbonyl (C=O) groups is 2. The van der Waals surface area contributed by atoms with E-state index in [1.54, 1.807) is 18.2 Å². The van der Waals surface area contributed by atoms with E-state index in [0.29, 0.717) is 18.7 Å². The van der Waals surface area contributed by atoms with Crippen molar-refractivity contribution in [1.82, 2.24) is 5.32 Å². The number of rotatable bonds is 8. The van der Waals surface area contributed by atoms with Crippen LogP contribution in [0.2, 0.25) is 0 Å². The van der Waals surface area contributed by atoms with Crippen LogP contribution in [-0.2, 0) is 20.7 Å². The summed E-state index contributed by atoms with van der Waals surface area (Å²) in [6.45, 7) is 5.55. The van der Waals surface area contributed by atoms with Crippen LogP contribution in [0.3, 0.4) is 0 Å². The first-order valence-electron chi connectivity index (χ1n) is 8.77. The molecule has 0 unspecified atom stereocenters. The van der Waals surface area contributed by atoms with Crippen LogP contribution in [0.5, 0.6) is 5.75 Å². The van der Waals surface area contributed by atoms with Crippen molar-refractivity contribution >= 4 is 11.9 Å².